The van der Waals surface area contributed by atoms with Gasteiger partial charge in [-0.2, -0.15) is 0 Å². The molecule has 162 valence electrons. The molecule has 6 nitrogen and oxygen atoms in total. The molecular formula is C27H21N3O3. The SMILES string of the molecule is CC(=O)c1ccc(-c2cc(-c3cc(C(C)=O)ccn3)nc(-c3cc(C(C)=O)ccn3)c2)cc1. The summed E-state index contributed by atoms with van der Waals surface area (Å²) >= 11 is 0. The number of aromatic nitrogens is 3. The molecule has 4 rings (SSSR count). The topological polar surface area (TPSA) is 89.9 Å². The molecule has 4 aromatic rings. The predicted octanol–water partition coefficient (Wildman–Crippen LogP) is 5.48. The summed E-state index contributed by atoms with van der Waals surface area (Å²) in [4.78, 5) is 49.0. The minimum atomic E-state index is -0.0642. The van der Waals surface area contributed by atoms with Gasteiger partial charge in [0.25, 0.3) is 0 Å². The highest BCUT2D eigenvalue weighted by molar-refractivity contribution is 5.96. The minimum absolute atomic E-state index is 0.00634. The summed E-state index contributed by atoms with van der Waals surface area (Å²) in [5.41, 5.74) is 5.66. The molecule has 0 saturated heterocycles. The van der Waals surface area contributed by atoms with E-state index in [0.717, 1.165) is 11.1 Å². The third-order valence-corrected chi connectivity index (χ3v) is 5.31. The van der Waals surface area contributed by atoms with Crippen LogP contribution >= 0.6 is 0 Å². The zero-order chi connectivity index (χ0) is 23.5. The average molecular weight is 435 g/mol. The van der Waals surface area contributed by atoms with Crippen LogP contribution in [0.15, 0.2) is 73.1 Å². The summed E-state index contributed by atoms with van der Waals surface area (Å²) in [6.45, 7) is 4.53. The third-order valence-electron chi connectivity index (χ3n) is 5.31. The molecule has 0 radical (unpaired) electrons. The van der Waals surface area contributed by atoms with Gasteiger partial charge in [0.2, 0.25) is 0 Å². The molecule has 3 heterocycles. The van der Waals surface area contributed by atoms with Crippen LogP contribution in [-0.4, -0.2) is 32.3 Å². The maximum absolute atomic E-state index is 11.9. The summed E-state index contributed by atoms with van der Waals surface area (Å²) in [5.74, 6) is -0.135. The van der Waals surface area contributed by atoms with Crippen molar-refractivity contribution in [2.45, 2.75) is 20.8 Å². The molecule has 0 N–H and O–H groups in total. The molecule has 0 saturated carbocycles. The van der Waals surface area contributed by atoms with Crippen molar-refractivity contribution in [3.05, 3.63) is 89.7 Å². The van der Waals surface area contributed by atoms with Crippen LogP contribution in [0.1, 0.15) is 51.8 Å². The average Bonchev–Trinajstić information content (AvgIpc) is 2.84. The van der Waals surface area contributed by atoms with Crippen LogP contribution in [-0.2, 0) is 0 Å². The van der Waals surface area contributed by atoms with Crippen LogP contribution in [0.5, 0.6) is 0 Å². The molecule has 0 aliphatic heterocycles. The van der Waals surface area contributed by atoms with Gasteiger partial charge < -0.3 is 0 Å². The van der Waals surface area contributed by atoms with Crippen LogP contribution in [0.3, 0.4) is 0 Å². The van der Waals surface area contributed by atoms with Crippen LogP contribution in [0.4, 0.5) is 0 Å². The predicted molar refractivity (Wildman–Crippen MR) is 126 cm³/mol. The number of carbonyl (C=O) groups excluding carboxylic acids is 3. The number of hydrogen-bond acceptors (Lipinski definition) is 6. The van der Waals surface area contributed by atoms with Crippen LogP contribution < -0.4 is 0 Å². The highest BCUT2D eigenvalue weighted by Crippen LogP contribution is 2.30. The van der Waals surface area contributed by atoms with E-state index in [-0.39, 0.29) is 17.3 Å². The number of nitrogens with zero attached hydrogens (tertiary/aromatic N) is 3. The van der Waals surface area contributed by atoms with E-state index in [1.54, 1.807) is 48.8 Å². The summed E-state index contributed by atoms with van der Waals surface area (Å²) in [6.07, 6.45) is 3.16. The van der Waals surface area contributed by atoms with Gasteiger partial charge in [0, 0.05) is 29.1 Å². The third kappa shape index (κ3) is 4.80. The smallest absolute Gasteiger partial charge is 0.159 e. The monoisotopic (exact) mass is 435 g/mol. The second kappa shape index (κ2) is 9.04. The highest BCUT2D eigenvalue weighted by Gasteiger charge is 2.13. The fraction of sp³-hybridized carbons (Fsp3) is 0.111. The van der Waals surface area contributed by atoms with Crippen LogP contribution in [0.2, 0.25) is 0 Å². The number of carbonyl (C=O) groups is 3. The van der Waals surface area contributed by atoms with Crippen molar-refractivity contribution in [3.8, 4) is 33.9 Å². The van der Waals surface area contributed by atoms with Gasteiger partial charge in [-0.25, -0.2) is 4.98 Å². The number of rotatable bonds is 6. The first-order chi connectivity index (χ1) is 15.8. The van der Waals surface area contributed by atoms with E-state index in [1.807, 2.05) is 24.3 Å². The number of ketones is 3. The van der Waals surface area contributed by atoms with Crippen molar-refractivity contribution >= 4 is 17.3 Å². The molecule has 0 amide bonds. The quantitative estimate of drug-likeness (QED) is 0.373. The number of Topliss-reactive ketones (excluding diaryl/α,β-unsaturated/α-hetero) is 3. The van der Waals surface area contributed by atoms with E-state index in [2.05, 4.69) is 9.97 Å². The van der Waals surface area contributed by atoms with Crippen molar-refractivity contribution in [2.75, 3.05) is 0 Å². The zero-order valence-corrected chi connectivity index (χ0v) is 18.5. The fourth-order valence-electron chi connectivity index (χ4n) is 3.44. The summed E-state index contributed by atoms with van der Waals surface area (Å²) in [7, 11) is 0. The lowest BCUT2D eigenvalue weighted by molar-refractivity contribution is 0.100. The first-order valence-electron chi connectivity index (χ1n) is 10.4. The van der Waals surface area contributed by atoms with Gasteiger partial charge in [-0.1, -0.05) is 24.3 Å². The van der Waals surface area contributed by atoms with E-state index in [9.17, 15) is 14.4 Å². The molecule has 0 unspecified atom stereocenters. The second-order valence-corrected chi connectivity index (χ2v) is 7.73. The Morgan fingerprint density at radius 3 is 1.39 bits per heavy atom. The van der Waals surface area contributed by atoms with Crippen molar-refractivity contribution in [2.24, 2.45) is 0 Å². The summed E-state index contributed by atoms with van der Waals surface area (Å²) in [6, 6.07) is 17.8. The lowest BCUT2D eigenvalue weighted by Crippen LogP contribution is -1.99. The Labute approximate surface area is 191 Å². The van der Waals surface area contributed by atoms with Gasteiger partial charge in [-0.3, -0.25) is 24.4 Å². The van der Waals surface area contributed by atoms with Crippen molar-refractivity contribution in [1.29, 1.82) is 0 Å². The Bertz CT molecular complexity index is 1320. The zero-order valence-electron chi connectivity index (χ0n) is 18.5. The van der Waals surface area contributed by atoms with Gasteiger partial charge in [0.15, 0.2) is 17.3 Å². The molecule has 0 spiro atoms. The molecule has 1 aromatic carbocycles. The van der Waals surface area contributed by atoms with Gasteiger partial charge in [-0.15, -0.1) is 0 Å². The van der Waals surface area contributed by atoms with Crippen molar-refractivity contribution in [3.63, 3.8) is 0 Å². The Balaban J connectivity index is 1.90. The fourth-order valence-corrected chi connectivity index (χ4v) is 3.44. The lowest BCUT2D eigenvalue weighted by atomic mass is 10.00. The van der Waals surface area contributed by atoms with E-state index < -0.39 is 0 Å². The molecule has 0 fully saturated rings. The molecule has 0 bridgehead atoms. The van der Waals surface area contributed by atoms with E-state index in [0.29, 0.717) is 39.5 Å². The largest absolute Gasteiger partial charge is 0.295 e. The number of benzene rings is 1. The lowest BCUT2D eigenvalue weighted by Gasteiger charge is -2.11. The Kier molecular flexibility index (Phi) is 6.00. The van der Waals surface area contributed by atoms with Crippen LogP contribution in [0.25, 0.3) is 33.9 Å². The minimum Gasteiger partial charge on any atom is -0.295 e. The summed E-state index contributed by atoms with van der Waals surface area (Å²) in [5, 5.41) is 0. The number of pyridine rings is 3. The van der Waals surface area contributed by atoms with Gasteiger partial charge >= 0.3 is 0 Å². The molecule has 0 atom stereocenters. The standard InChI is InChI=1S/C27H21N3O3/c1-16(31)19-4-6-20(7-5-19)23-14-26(24-12-21(17(2)32)8-10-28-24)30-27(15-23)25-13-22(18(3)33)9-11-29-25/h4-15H,1-3H3. The van der Waals surface area contributed by atoms with E-state index in [4.69, 9.17) is 4.98 Å². The first kappa shape index (κ1) is 21.9. The Morgan fingerprint density at radius 2 is 0.970 bits per heavy atom. The molecule has 33 heavy (non-hydrogen) atoms. The van der Waals surface area contributed by atoms with Gasteiger partial charge in [-0.05, 0) is 68.3 Å². The van der Waals surface area contributed by atoms with Crippen molar-refractivity contribution in [1.82, 2.24) is 15.0 Å². The second-order valence-electron chi connectivity index (χ2n) is 7.73. The van der Waals surface area contributed by atoms with Crippen molar-refractivity contribution < 1.29 is 14.4 Å². The Hall–Kier alpha value is -4.32. The first-order valence-corrected chi connectivity index (χ1v) is 10.4. The normalized spacial score (nSPS) is 10.6. The van der Waals surface area contributed by atoms with Gasteiger partial charge in [0.05, 0.1) is 22.8 Å². The highest BCUT2D eigenvalue weighted by atomic mass is 16.1. The Morgan fingerprint density at radius 1 is 0.515 bits per heavy atom. The maximum Gasteiger partial charge on any atom is 0.159 e. The van der Waals surface area contributed by atoms with Crippen LogP contribution in [0, 0.1) is 0 Å². The molecule has 6 heteroatoms. The summed E-state index contributed by atoms with van der Waals surface area (Å²) < 4.78 is 0. The van der Waals surface area contributed by atoms with E-state index >= 15 is 0 Å². The molecule has 0 aliphatic rings. The molecule has 0 aliphatic carbocycles. The molecule has 3 aromatic heterocycles. The van der Waals surface area contributed by atoms with Gasteiger partial charge in [0.1, 0.15) is 0 Å². The number of hydrogen-bond donors (Lipinski definition) is 0. The molecular weight excluding hydrogens is 414 g/mol. The van der Waals surface area contributed by atoms with E-state index in [1.165, 1.54) is 20.8 Å². The maximum atomic E-state index is 11.9.